The predicted octanol–water partition coefficient (Wildman–Crippen LogP) is 0.394. The van der Waals surface area contributed by atoms with Crippen LogP contribution < -0.4 is 20.7 Å². The number of carbonyl (C=O) groups excluding carboxylic acids is 4. The first-order chi connectivity index (χ1) is 20.1. The molecule has 1 aromatic rings. The van der Waals surface area contributed by atoms with Crippen molar-refractivity contribution in [3.63, 3.8) is 0 Å². The van der Waals surface area contributed by atoms with Crippen molar-refractivity contribution in [1.29, 1.82) is 0 Å². The summed E-state index contributed by atoms with van der Waals surface area (Å²) in [6.07, 6.45) is 3.70. The molecule has 12 nitrogen and oxygen atoms in total. The number of carbonyl (C=O) groups is 4. The third-order valence-electron chi connectivity index (χ3n) is 7.93. The molecule has 0 spiro atoms. The van der Waals surface area contributed by atoms with Crippen LogP contribution in [0.2, 0.25) is 0 Å². The van der Waals surface area contributed by atoms with Crippen LogP contribution in [0, 0.1) is 0 Å². The Morgan fingerprint density at radius 2 is 1.76 bits per heavy atom. The number of rotatable bonds is 14. The van der Waals surface area contributed by atoms with E-state index in [2.05, 4.69) is 22.0 Å². The average molecular weight is 587 g/mol. The number of ketones is 1. The first-order valence-corrected chi connectivity index (χ1v) is 14.5. The van der Waals surface area contributed by atoms with E-state index in [-0.39, 0.29) is 24.8 Å². The quantitative estimate of drug-likeness (QED) is 0.179. The smallest absolute Gasteiger partial charge is 0.246 e. The number of nitrogens with one attached hydrogen (secondary N) is 3. The highest BCUT2D eigenvalue weighted by Gasteiger charge is 2.50. The van der Waals surface area contributed by atoms with Crippen LogP contribution >= 0.6 is 0 Å². The zero-order valence-electron chi connectivity index (χ0n) is 24.5. The molecular weight excluding hydrogens is 544 g/mol. The summed E-state index contributed by atoms with van der Waals surface area (Å²) in [7, 11) is 1.51. The molecule has 5 atom stereocenters. The van der Waals surface area contributed by atoms with E-state index >= 15 is 0 Å². The largest absolute Gasteiger partial charge is 0.497 e. The summed E-state index contributed by atoms with van der Waals surface area (Å²) in [6.45, 7) is 5.88. The van der Waals surface area contributed by atoms with E-state index in [9.17, 15) is 24.3 Å². The lowest BCUT2D eigenvalue weighted by atomic mass is 9.93. The topological polar surface area (TPSA) is 159 Å². The van der Waals surface area contributed by atoms with Crippen LogP contribution in [0.25, 0.3) is 0 Å². The number of Topliss-reactive ketones (excluding diaryl/α,β-unsaturated/α-hetero) is 1. The lowest BCUT2D eigenvalue weighted by Gasteiger charge is -2.29. The van der Waals surface area contributed by atoms with Crippen molar-refractivity contribution < 1.29 is 38.5 Å². The van der Waals surface area contributed by atoms with Gasteiger partial charge in [0.2, 0.25) is 17.7 Å². The van der Waals surface area contributed by atoms with Crippen LogP contribution in [0.5, 0.6) is 5.75 Å². The second kappa shape index (κ2) is 14.2. The molecule has 0 aromatic heterocycles. The Kier molecular flexibility index (Phi) is 10.7. The zero-order chi connectivity index (χ0) is 30.3. The predicted molar refractivity (Wildman–Crippen MR) is 153 cm³/mol. The number of allylic oxidation sites excluding steroid dienone is 1. The fourth-order valence-corrected chi connectivity index (χ4v) is 5.15. The summed E-state index contributed by atoms with van der Waals surface area (Å²) in [5.74, 6) is -1.42. The highest BCUT2D eigenvalue weighted by Crippen LogP contribution is 2.31. The number of amides is 3. The number of hydrogen-bond acceptors (Lipinski definition) is 9. The Bertz CT molecular complexity index is 1160. The van der Waals surface area contributed by atoms with Crippen LogP contribution in [0.4, 0.5) is 0 Å². The van der Waals surface area contributed by atoms with Crippen molar-refractivity contribution >= 4 is 23.5 Å². The fourth-order valence-electron chi connectivity index (χ4n) is 5.15. The van der Waals surface area contributed by atoms with E-state index < -0.39 is 41.6 Å². The van der Waals surface area contributed by atoms with Gasteiger partial charge in [0.05, 0.1) is 39.5 Å². The summed E-state index contributed by atoms with van der Waals surface area (Å²) in [6, 6.07) is 3.12. The zero-order valence-corrected chi connectivity index (χ0v) is 24.5. The molecular formula is C30H42N4O8. The molecule has 4 N–H and O–H groups in total. The maximum Gasteiger partial charge on any atom is 0.246 e. The van der Waals surface area contributed by atoms with Gasteiger partial charge in [0, 0.05) is 13.1 Å². The molecule has 3 amide bonds. The number of epoxide rings is 1. The molecule has 230 valence electrons. The number of hydrogen-bond donors (Lipinski definition) is 4. The summed E-state index contributed by atoms with van der Waals surface area (Å²) in [5, 5.41) is 19.4. The molecule has 0 saturated carbocycles. The van der Waals surface area contributed by atoms with Gasteiger partial charge in [-0.05, 0) is 57.2 Å². The Labute approximate surface area is 246 Å². The molecule has 3 aliphatic rings. The van der Waals surface area contributed by atoms with Crippen molar-refractivity contribution in [3.05, 3.63) is 41.5 Å². The van der Waals surface area contributed by atoms with Crippen LogP contribution in [0.3, 0.4) is 0 Å². The first kappa shape index (κ1) is 31.6. The Morgan fingerprint density at radius 1 is 1.07 bits per heavy atom. The van der Waals surface area contributed by atoms with Gasteiger partial charge in [0.1, 0.15) is 29.5 Å². The van der Waals surface area contributed by atoms with Crippen molar-refractivity contribution in [1.82, 2.24) is 20.9 Å². The van der Waals surface area contributed by atoms with Crippen molar-refractivity contribution in [2.45, 2.75) is 69.4 Å². The van der Waals surface area contributed by atoms with Gasteiger partial charge in [-0.3, -0.25) is 24.1 Å². The summed E-state index contributed by atoms with van der Waals surface area (Å²) in [5.41, 5.74) is 0.467. The van der Waals surface area contributed by atoms with Crippen LogP contribution in [-0.2, 0) is 28.7 Å². The highest BCUT2D eigenvalue weighted by atomic mass is 16.6. The molecule has 0 unspecified atom stereocenters. The number of benzene rings is 1. The normalized spacial score (nSPS) is 23.1. The molecule has 1 aliphatic carbocycles. The highest BCUT2D eigenvalue weighted by molar-refractivity contribution is 5.98. The summed E-state index contributed by atoms with van der Waals surface area (Å²) in [4.78, 5) is 54.8. The number of aliphatic hydroxyl groups is 1. The van der Waals surface area contributed by atoms with Crippen LogP contribution in [0.1, 0.15) is 51.2 Å². The Balaban J connectivity index is 1.48. The van der Waals surface area contributed by atoms with Crippen molar-refractivity contribution in [2.24, 2.45) is 0 Å². The number of aliphatic hydroxyl groups excluding tert-OH is 1. The molecule has 1 aromatic carbocycles. The molecule has 2 aliphatic heterocycles. The van der Waals surface area contributed by atoms with E-state index in [0.29, 0.717) is 44.0 Å². The van der Waals surface area contributed by atoms with Gasteiger partial charge >= 0.3 is 0 Å². The van der Waals surface area contributed by atoms with Crippen molar-refractivity contribution in [2.75, 3.05) is 46.6 Å². The third kappa shape index (κ3) is 8.37. The van der Waals surface area contributed by atoms with Crippen LogP contribution in [0.15, 0.2) is 35.9 Å². The molecule has 4 rings (SSSR count). The third-order valence-corrected chi connectivity index (χ3v) is 7.93. The lowest BCUT2D eigenvalue weighted by molar-refractivity contribution is -0.136. The summed E-state index contributed by atoms with van der Waals surface area (Å²) >= 11 is 0. The van der Waals surface area contributed by atoms with Gasteiger partial charge in [0.25, 0.3) is 0 Å². The molecule has 12 heteroatoms. The second-order valence-corrected chi connectivity index (χ2v) is 11.3. The van der Waals surface area contributed by atoms with Crippen LogP contribution in [-0.4, -0.2) is 104 Å². The van der Waals surface area contributed by atoms with Gasteiger partial charge in [-0.15, -0.1) is 0 Å². The van der Waals surface area contributed by atoms with E-state index in [1.165, 1.54) is 14.0 Å². The number of methoxy groups -OCH3 is 1. The van der Waals surface area contributed by atoms with Crippen molar-refractivity contribution in [3.8, 4) is 5.75 Å². The number of morpholine rings is 1. The van der Waals surface area contributed by atoms with Gasteiger partial charge in [-0.1, -0.05) is 23.8 Å². The first-order valence-electron chi connectivity index (χ1n) is 14.5. The van der Waals surface area contributed by atoms with Gasteiger partial charge in [-0.25, -0.2) is 0 Å². The van der Waals surface area contributed by atoms with E-state index in [4.69, 9.17) is 14.2 Å². The van der Waals surface area contributed by atoms with E-state index in [1.807, 2.05) is 4.90 Å². The molecule has 0 bridgehead atoms. The van der Waals surface area contributed by atoms with E-state index in [1.54, 1.807) is 31.2 Å². The monoisotopic (exact) mass is 586 g/mol. The molecule has 2 saturated heterocycles. The molecule has 42 heavy (non-hydrogen) atoms. The maximum atomic E-state index is 13.7. The average Bonchev–Trinajstić information content (AvgIpc) is 3.53. The Morgan fingerprint density at radius 3 is 2.36 bits per heavy atom. The van der Waals surface area contributed by atoms with Gasteiger partial charge in [0.15, 0.2) is 5.78 Å². The molecule has 2 heterocycles. The SMILES string of the molecule is COc1ccc([C@@H](O)[C@H](NC(=O)[C@H](C)NC(=O)CN2CCOCC2)C(=O)N[C@@H](CC2=CCCC2)C(=O)[C@@]2(C)CO2)cc1. The standard InChI is InChI=1S/C30H42N4O8/c1-19(31-24(35)17-34-12-14-41-15-13-34)28(38)33-25(26(36)21-8-10-22(40-3)11-9-21)29(39)32-23(16-20-6-4-5-7-20)27(37)30(2)18-42-30/h6,8-11,19,23,25-26,36H,4-5,7,12-18H2,1-3H3,(H,31,35)(H,32,39)(H,33,38)/t19-,23-,25-,26+,30+/m0/s1. The molecule has 2 fully saturated rings. The second-order valence-electron chi connectivity index (χ2n) is 11.3. The van der Waals surface area contributed by atoms with Gasteiger partial charge in [-0.2, -0.15) is 0 Å². The summed E-state index contributed by atoms with van der Waals surface area (Å²) < 4.78 is 15.9. The molecule has 0 radical (unpaired) electrons. The fraction of sp³-hybridized carbons (Fsp3) is 0.600. The Hall–Kier alpha value is -3.32. The minimum absolute atomic E-state index is 0.111. The van der Waals surface area contributed by atoms with E-state index in [0.717, 1.165) is 24.8 Å². The number of nitrogens with zero attached hydrogens (tertiary/aromatic N) is 1. The minimum Gasteiger partial charge on any atom is -0.497 e. The minimum atomic E-state index is -1.45. The lowest BCUT2D eigenvalue weighted by Crippen LogP contribution is -2.58. The maximum absolute atomic E-state index is 13.7. The number of ether oxygens (including phenoxy) is 3. The van der Waals surface area contributed by atoms with Gasteiger partial charge < -0.3 is 35.3 Å².